The van der Waals surface area contributed by atoms with Crippen molar-refractivity contribution in [1.29, 1.82) is 0 Å². The predicted molar refractivity (Wildman–Crippen MR) is 74.0 cm³/mol. The third kappa shape index (κ3) is 2.51. The molecule has 0 radical (unpaired) electrons. The second kappa shape index (κ2) is 5.44. The topological polar surface area (TPSA) is 40.6 Å². The van der Waals surface area contributed by atoms with E-state index in [4.69, 9.17) is 0 Å². The summed E-state index contributed by atoms with van der Waals surface area (Å²) in [4.78, 5) is 26.9. The first kappa shape index (κ1) is 13.0. The molecule has 1 aliphatic rings. The second-order valence-corrected chi connectivity index (χ2v) is 4.81. The molecule has 1 aromatic carbocycles. The number of thiol groups is 1. The summed E-state index contributed by atoms with van der Waals surface area (Å²) in [7, 11) is 1.72. The molecule has 0 N–H and O–H groups in total. The Hall–Kier alpha value is -1.49. The molecule has 5 heteroatoms. The summed E-state index contributed by atoms with van der Waals surface area (Å²) in [5, 5.41) is -0.234. The average molecular weight is 264 g/mol. The highest BCUT2D eigenvalue weighted by Gasteiger charge is 2.34. The van der Waals surface area contributed by atoms with E-state index in [9.17, 15) is 9.59 Å². The zero-order valence-corrected chi connectivity index (χ0v) is 11.1. The highest BCUT2D eigenvalue weighted by molar-refractivity contribution is 7.96. The van der Waals surface area contributed by atoms with Gasteiger partial charge in [0.2, 0.25) is 5.12 Å². The van der Waals surface area contributed by atoms with Gasteiger partial charge < -0.3 is 4.90 Å². The molecule has 0 aliphatic carbocycles. The van der Waals surface area contributed by atoms with E-state index < -0.39 is 0 Å². The van der Waals surface area contributed by atoms with Gasteiger partial charge in [0.15, 0.2) is 0 Å². The SMILES string of the molecule is CN(C(=O)N1CCC[C@H]1C(=O)S)c1ccccc1. The number of hydrogen-bond acceptors (Lipinski definition) is 2. The zero-order valence-electron chi connectivity index (χ0n) is 10.2. The first-order valence-electron chi connectivity index (χ1n) is 5.93. The summed E-state index contributed by atoms with van der Waals surface area (Å²) in [5.41, 5.74) is 0.819. The van der Waals surface area contributed by atoms with E-state index in [1.54, 1.807) is 16.8 Å². The summed E-state index contributed by atoms with van der Waals surface area (Å²) < 4.78 is 0. The fourth-order valence-corrected chi connectivity index (χ4v) is 2.48. The Morgan fingerprint density at radius 2 is 2.00 bits per heavy atom. The molecular formula is C13H16N2O2S. The Labute approximate surface area is 112 Å². The summed E-state index contributed by atoms with van der Waals surface area (Å²) in [6, 6.07) is 8.86. The number of carbonyl (C=O) groups excluding carboxylic acids is 2. The molecule has 4 nitrogen and oxygen atoms in total. The molecule has 0 unspecified atom stereocenters. The third-order valence-corrected chi connectivity index (χ3v) is 3.51. The number of hydrogen-bond donors (Lipinski definition) is 1. The van der Waals surface area contributed by atoms with Crippen LogP contribution in [0.15, 0.2) is 30.3 Å². The minimum Gasteiger partial charge on any atom is -0.313 e. The second-order valence-electron chi connectivity index (χ2n) is 4.37. The highest BCUT2D eigenvalue weighted by Crippen LogP contribution is 2.22. The van der Waals surface area contributed by atoms with Crippen molar-refractivity contribution < 1.29 is 9.59 Å². The maximum absolute atomic E-state index is 12.3. The maximum atomic E-state index is 12.3. The van der Waals surface area contributed by atoms with Crippen LogP contribution in [0.4, 0.5) is 10.5 Å². The number of urea groups is 1. The highest BCUT2D eigenvalue weighted by atomic mass is 32.1. The molecule has 96 valence electrons. The first-order valence-corrected chi connectivity index (χ1v) is 6.38. The zero-order chi connectivity index (χ0) is 13.1. The molecule has 0 bridgehead atoms. The first-order chi connectivity index (χ1) is 8.61. The Morgan fingerprint density at radius 1 is 1.33 bits per heavy atom. The van der Waals surface area contributed by atoms with Crippen molar-refractivity contribution in [2.24, 2.45) is 0 Å². The van der Waals surface area contributed by atoms with Gasteiger partial charge in [-0.1, -0.05) is 18.2 Å². The van der Waals surface area contributed by atoms with Gasteiger partial charge in [0.05, 0.1) is 0 Å². The number of benzene rings is 1. The van der Waals surface area contributed by atoms with E-state index in [1.165, 1.54) is 0 Å². The largest absolute Gasteiger partial charge is 0.324 e. The Morgan fingerprint density at radius 3 is 2.61 bits per heavy atom. The smallest absolute Gasteiger partial charge is 0.313 e. The number of anilines is 1. The van der Waals surface area contributed by atoms with Gasteiger partial charge in [0, 0.05) is 19.3 Å². The van der Waals surface area contributed by atoms with E-state index in [2.05, 4.69) is 12.6 Å². The molecular weight excluding hydrogens is 248 g/mol. The molecule has 1 heterocycles. The Bertz CT molecular complexity index is 450. The van der Waals surface area contributed by atoms with Crippen LogP contribution < -0.4 is 4.90 Å². The number of rotatable bonds is 2. The molecule has 18 heavy (non-hydrogen) atoms. The lowest BCUT2D eigenvalue weighted by molar-refractivity contribution is -0.113. The van der Waals surface area contributed by atoms with E-state index in [0.717, 1.165) is 12.1 Å². The maximum Gasteiger partial charge on any atom is 0.324 e. The molecule has 1 aromatic rings. The van der Waals surface area contributed by atoms with Gasteiger partial charge in [-0.05, 0) is 25.0 Å². The van der Waals surface area contributed by atoms with Gasteiger partial charge in [0.25, 0.3) is 0 Å². The summed E-state index contributed by atoms with van der Waals surface area (Å²) in [6.07, 6.45) is 1.56. The molecule has 0 saturated carbocycles. The van der Waals surface area contributed by atoms with Crippen LogP contribution in [0.2, 0.25) is 0 Å². The molecule has 1 aliphatic heterocycles. The van der Waals surface area contributed by atoms with Gasteiger partial charge in [0.1, 0.15) is 6.04 Å². The molecule has 0 spiro atoms. The van der Waals surface area contributed by atoms with Crippen LogP contribution >= 0.6 is 12.6 Å². The lowest BCUT2D eigenvalue weighted by Gasteiger charge is -2.28. The van der Waals surface area contributed by atoms with Crippen molar-refractivity contribution in [3.8, 4) is 0 Å². The fraction of sp³-hybridized carbons (Fsp3) is 0.385. The summed E-state index contributed by atoms with van der Waals surface area (Å²) >= 11 is 3.85. The van der Waals surface area contributed by atoms with Crippen molar-refractivity contribution in [2.45, 2.75) is 18.9 Å². The van der Waals surface area contributed by atoms with E-state index in [-0.39, 0.29) is 17.2 Å². The Balaban J connectivity index is 2.14. The number of nitrogens with zero attached hydrogens (tertiary/aromatic N) is 2. The molecule has 2 rings (SSSR count). The third-order valence-electron chi connectivity index (χ3n) is 3.21. The van der Waals surface area contributed by atoms with E-state index in [0.29, 0.717) is 13.0 Å². The minimum absolute atomic E-state index is 0.147. The molecule has 1 fully saturated rings. The van der Waals surface area contributed by atoms with E-state index in [1.807, 2.05) is 30.3 Å². The van der Waals surface area contributed by atoms with Crippen molar-refractivity contribution in [2.75, 3.05) is 18.5 Å². The number of carbonyl (C=O) groups is 2. The fourth-order valence-electron chi connectivity index (χ4n) is 2.21. The van der Waals surface area contributed by atoms with Crippen LogP contribution in [-0.2, 0) is 4.79 Å². The lowest BCUT2D eigenvalue weighted by Crippen LogP contribution is -2.45. The van der Waals surface area contributed by atoms with Crippen molar-refractivity contribution in [3.05, 3.63) is 30.3 Å². The van der Waals surface area contributed by atoms with Crippen LogP contribution in [0, 0.1) is 0 Å². The molecule has 2 amide bonds. The van der Waals surface area contributed by atoms with Gasteiger partial charge in [-0.3, -0.25) is 9.69 Å². The quantitative estimate of drug-likeness (QED) is 0.832. The number of amides is 2. The number of para-hydroxylation sites is 1. The predicted octanol–water partition coefficient (Wildman–Crippen LogP) is 2.16. The van der Waals surface area contributed by atoms with E-state index >= 15 is 0 Å². The van der Waals surface area contributed by atoms with Crippen LogP contribution in [-0.4, -0.2) is 35.7 Å². The lowest BCUT2D eigenvalue weighted by atomic mass is 10.2. The normalized spacial score (nSPS) is 18.8. The molecule has 1 saturated heterocycles. The van der Waals surface area contributed by atoms with Gasteiger partial charge in [-0.15, -0.1) is 12.6 Å². The van der Waals surface area contributed by atoms with Gasteiger partial charge in [-0.2, -0.15) is 0 Å². The van der Waals surface area contributed by atoms with Crippen molar-refractivity contribution >= 4 is 29.5 Å². The molecule has 0 aromatic heterocycles. The number of likely N-dealkylation sites (tertiary alicyclic amines) is 1. The monoisotopic (exact) mass is 264 g/mol. The van der Waals surface area contributed by atoms with Gasteiger partial charge >= 0.3 is 6.03 Å². The van der Waals surface area contributed by atoms with Gasteiger partial charge in [-0.25, -0.2) is 4.79 Å². The standard InChI is InChI=1S/C13H16N2O2S/c1-14(10-6-3-2-4-7-10)13(17)15-9-5-8-11(15)12(16)18/h2-4,6-7,11H,5,8-9H2,1H3,(H,16,18)/t11-/m0/s1. The van der Waals surface area contributed by atoms with Crippen molar-refractivity contribution in [3.63, 3.8) is 0 Å². The van der Waals surface area contributed by atoms with Crippen LogP contribution in [0.3, 0.4) is 0 Å². The average Bonchev–Trinajstić information content (AvgIpc) is 2.87. The van der Waals surface area contributed by atoms with Crippen molar-refractivity contribution in [1.82, 2.24) is 4.90 Å². The minimum atomic E-state index is -0.382. The summed E-state index contributed by atoms with van der Waals surface area (Å²) in [5.74, 6) is 0. The van der Waals surface area contributed by atoms with Crippen LogP contribution in [0.5, 0.6) is 0 Å². The molecule has 1 atom stereocenters. The Kier molecular flexibility index (Phi) is 3.91. The van der Waals surface area contributed by atoms with Crippen LogP contribution in [0.1, 0.15) is 12.8 Å². The summed E-state index contributed by atoms with van der Waals surface area (Å²) in [6.45, 7) is 0.618. The van der Waals surface area contributed by atoms with Crippen LogP contribution in [0.25, 0.3) is 0 Å².